The highest BCUT2D eigenvalue weighted by molar-refractivity contribution is 5.43. The molecule has 1 aromatic carbocycles. The maximum atomic E-state index is 4.27. The summed E-state index contributed by atoms with van der Waals surface area (Å²) in [5, 5.41) is 18.7. The first kappa shape index (κ1) is 10.6. The van der Waals surface area contributed by atoms with Gasteiger partial charge in [-0.1, -0.05) is 30.3 Å². The van der Waals surface area contributed by atoms with Gasteiger partial charge in [0.2, 0.25) is 0 Å². The summed E-state index contributed by atoms with van der Waals surface area (Å²) in [6.07, 6.45) is 0. The molecule has 0 saturated heterocycles. The van der Waals surface area contributed by atoms with Gasteiger partial charge in [-0.05, 0) is 35.0 Å². The Morgan fingerprint density at radius 3 is 2.78 bits per heavy atom. The maximum absolute atomic E-state index is 4.27. The molecule has 3 aromatic rings. The van der Waals surface area contributed by atoms with Crippen LogP contribution in [0.1, 0.15) is 18.5 Å². The summed E-state index contributed by atoms with van der Waals surface area (Å²) in [7, 11) is 0. The number of nitrogens with one attached hydrogen (secondary N) is 1. The van der Waals surface area contributed by atoms with E-state index in [9.17, 15) is 0 Å². The average molecular weight is 240 g/mol. The predicted molar refractivity (Wildman–Crippen MR) is 67.1 cm³/mol. The van der Waals surface area contributed by atoms with Crippen LogP contribution < -0.4 is 5.32 Å². The molecule has 1 atom stereocenters. The van der Waals surface area contributed by atoms with Gasteiger partial charge in [0.25, 0.3) is 0 Å². The number of hydrogen-bond donors (Lipinski definition) is 1. The number of benzene rings is 1. The zero-order valence-electron chi connectivity index (χ0n) is 9.85. The van der Waals surface area contributed by atoms with Crippen LogP contribution in [-0.4, -0.2) is 25.3 Å². The van der Waals surface area contributed by atoms with E-state index in [4.69, 9.17) is 0 Å². The van der Waals surface area contributed by atoms with E-state index >= 15 is 0 Å². The number of rotatable bonds is 3. The fourth-order valence-corrected chi connectivity index (χ4v) is 1.77. The first-order valence-electron chi connectivity index (χ1n) is 5.70. The van der Waals surface area contributed by atoms with Gasteiger partial charge >= 0.3 is 0 Å². The number of hydrogen-bond acceptors (Lipinski definition) is 5. The molecule has 0 aliphatic heterocycles. The molecule has 0 aliphatic rings. The van der Waals surface area contributed by atoms with Crippen molar-refractivity contribution < 1.29 is 0 Å². The molecule has 0 aliphatic carbocycles. The second-order valence-corrected chi connectivity index (χ2v) is 4.02. The molecule has 0 spiro atoms. The summed E-state index contributed by atoms with van der Waals surface area (Å²) in [4.78, 5) is 0. The Morgan fingerprint density at radius 1 is 1.11 bits per heavy atom. The van der Waals surface area contributed by atoms with E-state index in [2.05, 4.69) is 45.0 Å². The normalized spacial score (nSPS) is 12.5. The van der Waals surface area contributed by atoms with E-state index in [1.165, 1.54) is 10.2 Å². The molecular weight excluding hydrogens is 228 g/mol. The first-order chi connectivity index (χ1) is 8.83. The highest BCUT2D eigenvalue weighted by atomic mass is 15.6. The average Bonchev–Trinajstić information content (AvgIpc) is 2.87. The summed E-state index contributed by atoms with van der Waals surface area (Å²) in [6.45, 7) is 2.08. The van der Waals surface area contributed by atoms with E-state index in [1.54, 1.807) is 0 Å². The van der Waals surface area contributed by atoms with Gasteiger partial charge in [0.1, 0.15) is 5.82 Å². The molecular formula is C12H12N6. The first-order valence-corrected chi connectivity index (χ1v) is 5.70. The van der Waals surface area contributed by atoms with E-state index in [1.807, 2.05) is 30.3 Å². The van der Waals surface area contributed by atoms with Crippen molar-refractivity contribution >= 4 is 11.5 Å². The van der Waals surface area contributed by atoms with Gasteiger partial charge in [-0.2, -0.15) is 0 Å². The second-order valence-electron chi connectivity index (χ2n) is 4.02. The summed E-state index contributed by atoms with van der Waals surface area (Å²) >= 11 is 0. The molecule has 0 radical (unpaired) electrons. The van der Waals surface area contributed by atoms with Crippen LogP contribution in [0.4, 0.5) is 5.82 Å². The van der Waals surface area contributed by atoms with Crippen molar-refractivity contribution in [3.8, 4) is 0 Å². The van der Waals surface area contributed by atoms with E-state index < -0.39 is 0 Å². The number of nitrogens with zero attached hydrogens (tertiary/aromatic N) is 5. The van der Waals surface area contributed by atoms with Crippen LogP contribution in [0.15, 0.2) is 42.5 Å². The molecule has 3 rings (SSSR count). The lowest BCUT2D eigenvalue weighted by atomic mass is 10.1. The van der Waals surface area contributed by atoms with Crippen molar-refractivity contribution in [1.82, 2.24) is 25.3 Å². The van der Waals surface area contributed by atoms with Gasteiger partial charge < -0.3 is 5.32 Å². The zero-order chi connectivity index (χ0) is 12.4. The number of fused-ring (bicyclic) bond motifs is 1. The molecule has 0 fully saturated rings. The van der Waals surface area contributed by atoms with E-state index in [0.717, 1.165) is 5.82 Å². The Labute approximate surface area is 104 Å². The number of tetrazole rings is 1. The van der Waals surface area contributed by atoms with Gasteiger partial charge in [-0.3, -0.25) is 0 Å². The van der Waals surface area contributed by atoms with Crippen LogP contribution in [0.2, 0.25) is 0 Å². The second kappa shape index (κ2) is 4.40. The molecule has 6 heteroatoms. The molecule has 0 saturated carbocycles. The topological polar surface area (TPSA) is 68.0 Å². The number of aromatic nitrogens is 5. The lowest BCUT2D eigenvalue weighted by Crippen LogP contribution is -2.09. The molecule has 18 heavy (non-hydrogen) atoms. The largest absolute Gasteiger partial charge is 0.362 e. The molecule has 2 aromatic heterocycles. The van der Waals surface area contributed by atoms with Crippen molar-refractivity contribution in [2.45, 2.75) is 13.0 Å². The summed E-state index contributed by atoms with van der Waals surface area (Å²) in [5.41, 5.74) is 1.84. The minimum Gasteiger partial charge on any atom is -0.362 e. The fraction of sp³-hybridized carbons (Fsp3) is 0.167. The van der Waals surface area contributed by atoms with E-state index in [0.29, 0.717) is 5.65 Å². The summed E-state index contributed by atoms with van der Waals surface area (Å²) in [6, 6.07) is 14.1. The quantitative estimate of drug-likeness (QED) is 0.754. The zero-order valence-corrected chi connectivity index (χ0v) is 9.85. The summed E-state index contributed by atoms with van der Waals surface area (Å²) < 4.78 is 1.40. The lowest BCUT2D eigenvalue weighted by molar-refractivity contribution is 0.728. The number of anilines is 1. The lowest BCUT2D eigenvalue weighted by Gasteiger charge is -2.14. The Hall–Kier alpha value is -2.50. The minimum absolute atomic E-state index is 0.174. The molecule has 90 valence electrons. The Balaban J connectivity index is 1.83. The Morgan fingerprint density at radius 2 is 1.94 bits per heavy atom. The van der Waals surface area contributed by atoms with Gasteiger partial charge in [-0.15, -0.1) is 14.8 Å². The van der Waals surface area contributed by atoms with Gasteiger partial charge in [0.15, 0.2) is 5.65 Å². The third kappa shape index (κ3) is 2.00. The van der Waals surface area contributed by atoms with Crippen LogP contribution in [0, 0.1) is 0 Å². The third-order valence-electron chi connectivity index (χ3n) is 2.73. The smallest absolute Gasteiger partial charge is 0.200 e. The highest BCUT2D eigenvalue weighted by Gasteiger charge is 2.06. The van der Waals surface area contributed by atoms with Crippen LogP contribution in [0.3, 0.4) is 0 Å². The molecule has 6 nitrogen and oxygen atoms in total. The van der Waals surface area contributed by atoms with Gasteiger partial charge in [0.05, 0.1) is 0 Å². The predicted octanol–water partition coefficient (Wildman–Crippen LogP) is 1.69. The van der Waals surface area contributed by atoms with Crippen molar-refractivity contribution in [1.29, 1.82) is 0 Å². The van der Waals surface area contributed by atoms with Gasteiger partial charge in [0, 0.05) is 6.04 Å². The Bertz CT molecular complexity index is 648. The molecule has 0 unspecified atom stereocenters. The van der Waals surface area contributed by atoms with Crippen LogP contribution in [0.5, 0.6) is 0 Å². The standard InChI is InChI=1S/C12H12N6/c1-9(10-5-3-2-4-6-10)13-11-7-8-12-14-16-17-18(12)15-11/h2-9H,1H3,(H,13,15)/t9-/m0/s1. The molecule has 2 heterocycles. The van der Waals surface area contributed by atoms with Crippen molar-refractivity contribution in [3.05, 3.63) is 48.0 Å². The molecule has 0 bridgehead atoms. The van der Waals surface area contributed by atoms with E-state index in [-0.39, 0.29) is 6.04 Å². The minimum atomic E-state index is 0.174. The fourth-order valence-electron chi connectivity index (χ4n) is 1.77. The third-order valence-corrected chi connectivity index (χ3v) is 2.73. The summed E-state index contributed by atoms with van der Waals surface area (Å²) in [5.74, 6) is 0.742. The molecule has 1 N–H and O–H groups in total. The van der Waals surface area contributed by atoms with Crippen LogP contribution in [0.25, 0.3) is 5.65 Å². The van der Waals surface area contributed by atoms with Crippen molar-refractivity contribution in [3.63, 3.8) is 0 Å². The van der Waals surface area contributed by atoms with Crippen LogP contribution in [-0.2, 0) is 0 Å². The SMILES string of the molecule is C[C@H](Nc1ccc2nnnn2n1)c1ccccc1. The van der Waals surface area contributed by atoms with Crippen molar-refractivity contribution in [2.75, 3.05) is 5.32 Å². The van der Waals surface area contributed by atoms with Crippen LogP contribution >= 0.6 is 0 Å². The molecule has 0 amide bonds. The van der Waals surface area contributed by atoms with Gasteiger partial charge in [-0.25, -0.2) is 0 Å². The highest BCUT2D eigenvalue weighted by Crippen LogP contribution is 2.16. The Kier molecular flexibility index (Phi) is 2.60. The maximum Gasteiger partial charge on any atom is 0.200 e. The monoisotopic (exact) mass is 240 g/mol. The van der Waals surface area contributed by atoms with Crippen molar-refractivity contribution in [2.24, 2.45) is 0 Å².